The third kappa shape index (κ3) is 2.22. The number of hydrogen-bond donors (Lipinski definition) is 1. The van der Waals surface area contributed by atoms with Gasteiger partial charge in [-0.2, -0.15) is 0 Å². The topological polar surface area (TPSA) is 42.4 Å². The zero-order valence-electron chi connectivity index (χ0n) is 10.6. The van der Waals surface area contributed by atoms with E-state index >= 15 is 0 Å². The second-order valence-corrected chi connectivity index (χ2v) is 4.16. The minimum atomic E-state index is -1.05. The quantitative estimate of drug-likeness (QED) is 0.897. The Kier molecular flexibility index (Phi) is 3.63. The predicted molar refractivity (Wildman–Crippen MR) is 70.5 cm³/mol. The molecule has 1 atom stereocenters. The number of pyridine rings is 1. The maximum Gasteiger partial charge on any atom is 0.131 e. The Hall–Kier alpha value is -1.87. The summed E-state index contributed by atoms with van der Waals surface area (Å²) in [7, 11) is 1.62. The van der Waals surface area contributed by atoms with E-state index in [4.69, 9.17) is 4.74 Å². The summed E-state index contributed by atoms with van der Waals surface area (Å²) in [6.45, 7) is 1.94. The highest BCUT2D eigenvalue weighted by molar-refractivity contribution is 5.36. The van der Waals surface area contributed by atoms with Crippen LogP contribution >= 0.6 is 0 Å². The van der Waals surface area contributed by atoms with E-state index in [1.54, 1.807) is 13.3 Å². The molecule has 18 heavy (non-hydrogen) atoms. The van der Waals surface area contributed by atoms with Crippen molar-refractivity contribution in [1.82, 2.24) is 4.98 Å². The number of nitrogens with zero attached hydrogens (tertiary/aromatic N) is 1. The lowest BCUT2D eigenvalue weighted by Gasteiger charge is -2.26. The number of methoxy groups -OCH3 is 1. The van der Waals surface area contributed by atoms with Gasteiger partial charge in [0.05, 0.1) is 12.8 Å². The van der Waals surface area contributed by atoms with E-state index in [0.29, 0.717) is 12.1 Å². The normalized spacial score (nSPS) is 13.9. The van der Waals surface area contributed by atoms with E-state index in [9.17, 15) is 5.11 Å². The minimum absolute atomic E-state index is 0.566. The Balaban J connectivity index is 2.43. The fourth-order valence-electron chi connectivity index (χ4n) is 2.01. The van der Waals surface area contributed by atoms with E-state index in [0.717, 1.165) is 11.3 Å². The van der Waals surface area contributed by atoms with Gasteiger partial charge in [-0.05, 0) is 36.2 Å². The second kappa shape index (κ2) is 5.19. The van der Waals surface area contributed by atoms with Crippen LogP contribution in [0.4, 0.5) is 0 Å². The Morgan fingerprint density at radius 3 is 2.39 bits per heavy atom. The van der Waals surface area contributed by atoms with Gasteiger partial charge in [0, 0.05) is 6.20 Å². The van der Waals surface area contributed by atoms with Gasteiger partial charge in [0.25, 0.3) is 0 Å². The van der Waals surface area contributed by atoms with Gasteiger partial charge in [0.2, 0.25) is 0 Å². The maximum absolute atomic E-state index is 10.8. The number of aromatic nitrogens is 1. The highest BCUT2D eigenvalue weighted by Gasteiger charge is 2.30. The molecule has 2 aromatic rings. The lowest BCUT2D eigenvalue weighted by molar-refractivity contribution is 0.0718. The largest absolute Gasteiger partial charge is 0.497 e. The summed E-state index contributed by atoms with van der Waals surface area (Å²) in [5.41, 5.74) is 0.440. The molecule has 94 valence electrons. The zero-order chi connectivity index (χ0) is 13.0. The van der Waals surface area contributed by atoms with Gasteiger partial charge < -0.3 is 9.84 Å². The van der Waals surface area contributed by atoms with Gasteiger partial charge in [-0.15, -0.1) is 0 Å². The maximum atomic E-state index is 10.8. The number of rotatable bonds is 4. The van der Waals surface area contributed by atoms with Crippen molar-refractivity contribution < 1.29 is 9.84 Å². The average Bonchev–Trinajstić information content (AvgIpc) is 2.47. The Morgan fingerprint density at radius 1 is 1.17 bits per heavy atom. The van der Waals surface area contributed by atoms with E-state index in [2.05, 4.69) is 4.98 Å². The van der Waals surface area contributed by atoms with Crippen molar-refractivity contribution in [1.29, 1.82) is 0 Å². The Morgan fingerprint density at radius 2 is 1.89 bits per heavy atom. The molecule has 0 spiro atoms. The molecular weight excluding hydrogens is 226 g/mol. The average molecular weight is 243 g/mol. The molecule has 0 aliphatic carbocycles. The first kappa shape index (κ1) is 12.6. The van der Waals surface area contributed by atoms with Gasteiger partial charge in [-0.1, -0.05) is 25.1 Å². The fraction of sp³-hybridized carbons (Fsp3) is 0.267. The predicted octanol–water partition coefficient (Wildman–Crippen LogP) is 2.74. The zero-order valence-corrected chi connectivity index (χ0v) is 10.6. The summed E-state index contributed by atoms with van der Waals surface area (Å²) in [5, 5.41) is 10.8. The second-order valence-electron chi connectivity index (χ2n) is 4.16. The fourth-order valence-corrected chi connectivity index (χ4v) is 2.01. The SMILES string of the molecule is CCC(O)(c1ccc(OC)cc1)c1ccccn1. The molecule has 1 unspecified atom stereocenters. The van der Waals surface area contributed by atoms with Crippen LogP contribution < -0.4 is 4.74 Å². The molecule has 0 saturated heterocycles. The third-order valence-electron chi connectivity index (χ3n) is 3.17. The van der Waals surface area contributed by atoms with Crippen LogP contribution in [0.1, 0.15) is 24.6 Å². The molecule has 1 N–H and O–H groups in total. The van der Waals surface area contributed by atoms with E-state index in [-0.39, 0.29) is 0 Å². The van der Waals surface area contributed by atoms with E-state index < -0.39 is 5.60 Å². The summed E-state index contributed by atoms with van der Waals surface area (Å²) in [5.74, 6) is 0.776. The molecule has 0 bridgehead atoms. The molecule has 0 aliphatic rings. The molecule has 1 aromatic heterocycles. The van der Waals surface area contributed by atoms with Crippen molar-refractivity contribution in [3.63, 3.8) is 0 Å². The van der Waals surface area contributed by atoms with Gasteiger partial charge in [-0.3, -0.25) is 4.98 Å². The number of ether oxygens (including phenoxy) is 1. The molecule has 0 aliphatic heterocycles. The van der Waals surface area contributed by atoms with Crippen LogP contribution in [0.25, 0.3) is 0 Å². The van der Waals surface area contributed by atoms with Crippen LogP contribution in [-0.2, 0) is 5.60 Å². The van der Waals surface area contributed by atoms with Gasteiger partial charge >= 0.3 is 0 Å². The van der Waals surface area contributed by atoms with Crippen molar-refractivity contribution in [3.8, 4) is 5.75 Å². The molecule has 1 heterocycles. The monoisotopic (exact) mass is 243 g/mol. The molecule has 0 fully saturated rings. The smallest absolute Gasteiger partial charge is 0.131 e. The molecule has 0 amide bonds. The van der Waals surface area contributed by atoms with Crippen molar-refractivity contribution >= 4 is 0 Å². The van der Waals surface area contributed by atoms with Crippen LogP contribution in [0, 0.1) is 0 Å². The van der Waals surface area contributed by atoms with E-state index in [1.165, 1.54) is 0 Å². The molecule has 0 radical (unpaired) electrons. The van der Waals surface area contributed by atoms with Crippen molar-refractivity contribution in [2.75, 3.05) is 7.11 Å². The molecule has 0 saturated carbocycles. The summed E-state index contributed by atoms with van der Waals surface area (Å²) < 4.78 is 5.12. The lowest BCUT2D eigenvalue weighted by atomic mass is 9.87. The summed E-state index contributed by atoms with van der Waals surface area (Å²) in [6, 6.07) is 13.0. The highest BCUT2D eigenvalue weighted by atomic mass is 16.5. The van der Waals surface area contributed by atoms with Crippen LogP contribution in [-0.4, -0.2) is 17.2 Å². The molecule has 3 nitrogen and oxygen atoms in total. The molecular formula is C15H17NO2. The number of benzene rings is 1. The van der Waals surface area contributed by atoms with Crippen LogP contribution in [0.15, 0.2) is 48.7 Å². The number of hydrogen-bond acceptors (Lipinski definition) is 3. The molecule has 1 aromatic carbocycles. The van der Waals surface area contributed by atoms with Gasteiger partial charge in [-0.25, -0.2) is 0 Å². The van der Waals surface area contributed by atoms with Crippen LogP contribution in [0.3, 0.4) is 0 Å². The first-order chi connectivity index (χ1) is 8.70. The van der Waals surface area contributed by atoms with Gasteiger partial charge in [0.15, 0.2) is 0 Å². The standard InChI is InChI=1S/C15H17NO2/c1-3-15(17,14-6-4-5-11-16-14)12-7-9-13(18-2)10-8-12/h4-11,17H,3H2,1-2H3. The van der Waals surface area contributed by atoms with Crippen molar-refractivity contribution in [2.24, 2.45) is 0 Å². The number of aliphatic hydroxyl groups is 1. The van der Waals surface area contributed by atoms with Gasteiger partial charge in [0.1, 0.15) is 11.4 Å². The Bertz CT molecular complexity index is 496. The summed E-state index contributed by atoms with van der Waals surface area (Å²) >= 11 is 0. The van der Waals surface area contributed by atoms with E-state index in [1.807, 2.05) is 49.4 Å². The minimum Gasteiger partial charge on any atom is -0.497 e. The van der Waals surface area contributed by atoms with Crippen molar-refractivity contribution in [3.05, 3.63) is 59.9 Å². The first-order valence-corrected chi connectivity index (χ1v) is 5.99. The highest BCUT2D eigenvalue weighted by Crippen LogP contribution is 2.32. The summed E-state index contributed by atoms with van der Waals surface area (Å²) in [4.78, 5) is 4.26. The molecule has 2 rings (SSSR count). The third-order valence-corrected chi connectivity index (χ3v) is 3.17. The lowest BCUT2D eigenvalue weighted by Crippen LogP contribution is -2.27. The Labute approximate surface area is 107 Å². The van der Waals surface area contributed by atoms with Crippen molar-refractivity contribution in [2.45, 2.75) is 18.9 Å². The summed E-state index contributed by atoms with van der Waals surface area (Å²) in [6.07, 6.45) is 2.26. The van der Waals surface area contributed by atoms with Crippen LogP contribution in [0.2, 0.25) is 0 Å². The first-order valence-electron chi connectivity index (χ1n) is 5.99. The van der Waals surface area contributed by atoms with Crippen LogP contribution in [0.5, 0.6) is 5.75 Å². The molecule has 3 heteroatoms.